The van der Waals surface area contributed by atoms with Gasteiger partial charge in [0.25, 0.3) is 11.8 Å². The molecule has 176 valence electrons. The van der Waals surface area contributed by atoms with Gasteiger partial charge < -0.3 is 15.1 Å². The molecule has 2 aromatic rings. The molecule has 2 heterocycles. The fourth-order valence-electron chi connectivity index (χ4n) is 4.71. The molecule has 2 aliphatic rings. The average molecular weight is 453 g/mol. The highest BCUT2D eigenvalue weighted by atomic mass is 19.1. The second kappa shape index (κ2) is 10.3. The van der Waals surface area contributed by atoms with Crippen LogP contribution in [-0.4, -0.2) is 73.0 Å². The van der Waals surface area contributed by atoms with Crippen LogP contribution in [0.5, 0.6) is 0 Å². The second-order valence-corrected chi connectivity index (χ2v) is 9.18. The standard InChI is InChI=1S/C26H33FN4O2/c1-19(2)29-14-16-31(17-15-29)26(33)23-8-3-4-9-24(23)30-12-10-22(11-13-30)28-25(32)20-6-5-7-21(27)18-20/h3-9,18-19,22H,10-17H2,1-2H3,(H,28,32). The first-order valence-electron chi connectivity index (χ1n) is 11.9. The summed E-state index contributed by atoms with van der Waals surface area (Å²) in [7, 11) is 0. The van der Waals surface area contributed by atoms with Crippen molar-refractivity contribution >= 4 is 17.5 Å². The number of hydrogen-bond donors (Lipinski definition) is 1. The molecule has 2 aromatic carbocycles. The van der Waals surface area contributed by atoms with Crippen molar-refractivity contribution in [2.24, 2.45) is 0 Å². The minimum Gasteiger partial charge on any atom is -0.371 e. The minimum atomic E-state index is -0.413. The van der Waals surface area contributed by atoms with E-state index in [9.17, 15) is 14.0 Å². The van der Waals surface area contributed by atoms with Crippen LogP contribution in [0.1, 0.15) is 47.4 Å². The monoisotopic (exact) mass is 452 g/mol. The number of amides is 2. The topological polar surface area (TPSA) is 55.9 Å². The molecule has 0 aromatic heterocycles. The highest BCUT2D eigenvalue weighted by Gasteiger charge is 2.28. The SMILES string of the molecule is CC(C)N1CCN(C(=O)c2ccccc2N2CCC(NC(=O)c3cccc(F)c3)CC2)CC1. The summed E-state index contributed by atoms with van der Waals surface area (Å²) >= 11 is 0. The molecule has 0 spiro atoms. The molecule has 4 rings (SSSR count). The Morgan fingerprint density at radius 2 is 1.64 bits per heavy atom. The maximum atomic E-state index is 13.4. The molecule has 7 heteroatoms. The molecule has 2 aliphatic heterocycles. The van der Waals surface area contributed by atoms with Crippen LogP contribution in [-0.2, 0) is 0 Å². The van der Waals surface area contributed by atoms with Gasteiger partial charge in [0.15, 0.2) is 0 Å². The third kappa shape index (κ3) is 5.53. The lowest BCUT2D eigenvalue weighted by atomic mass is 10.0. The zero-order chi connectivity index (χ0) is 23.4. The van der Waals surface area contributed by atoms with Gasteiger partial charge >= 0.3 is 0 Å². The predicted octanol–water partition coefficient (Wildman–Crippen LogP) is 3.39. The number of rotatable bonds is 5. The Kier molecular flexibility index (Phi) is 7.28. The molecule has 0 aliphatic carbocycles. The van der Waals surface area contributed by atoms with Crippen molar-refractivity contribution < 1.29 is 14.0 Å². The number of nitrogens with zero attached hydrogens (tertiary/aromatic N) is 3. The number of para-hydroxylation sites is 1. The number of benzene rings is 2. The van der Waals surface area contributed by atoms with Gasteiger partial charge in [-0.05, 0) is 57.0 Å². The molecule has 1 N–H and O–H groups in total. The van der Waals surface area contributed by atoms with Crippen molar-refractivity contribution in [2.75, 3.05) is 44.2 Å². The summed E-state index contributed by atoms with van der Waals surface area (Å²) in [4.78, 5) is 32.4. The van der Waals surface area contributed by atoms with E-state index in [4.69, 9.17) is 0 Å². The van der Waals surface area contributed by atoms with E-state index in [1.54, 1.807) is 12.1 Å². The molecule has 0 saturated carbocycles. The Hall–Kier alpha value is -2.93. The van der Waals surface area contributed by atoms with E-state index in [0.717, 1.165) is 63.4 Å². The number of piperidine rings is 1. The fourth-order valence-corrected chi connectivity index (χ4v) is 4.71. The van der Waals surface area contributed by atoms with Crippen LogP contribution in [0.15, 0.2) is 48.5 Å². The van der Waals surface area contributed by atoms with Crippen molar-refractivity contribution in [3.63, 3.8) is 0 Å². The van der Waals surface area contributed by atoms with Gasteiger partial charge in [-0.3, -0.25) is 14.5 Å². The highest BCUT2D eigenvalue weighted by Crippen LogP contribution is 2.26. The predicted molar refractivity (Wildman–Crippen MR) is 128 cm³/mol. The van der Waals surface area contributed by atoms with Gasteiger partial charge in [0.05, 0.1) is 5.56 Å². The van der Waals surface area contributed by atoms with E-state index in [-0.39, 0.29) is 17.9 Å². The summed E-state index contributed by atoms with van der Waals surface area (Å²) in [6, 6.07) is 14.1. The van der Waals surface area contributed by atoms with Gasteiger partial charge in [0.1, 0.15) is 5.82 Å². The number of nitrogens with one attached hydrogen (secondary N) is 1. The first-order valence-corrected chi connectivity index (χ1v) is 11.9. The van der Waals surface area contributed by atoms with Gasteiger partial charge in [-0.2, -0.15) is 0 Å². The van der Waals surface area contributed by atoms with Crippen LogP contribution in [0.4, 0.5) is 10.1 Å². The minimum absolute atomic E-state index is 0.0315. The van der Waals surface area contributed by atoms with Crippen LogP contribution in [0.3, 0.4) is 0 Å². The van der Waals surface area contributed by atoms with E-state index < -0.39 is 5.82 Å². The Morgan fingerprint density at radius 3 is 2.30 bits per heavy atom. The number of piperazine rings is 1. The maximum Gasteiger partial charge on any atom is 0.256 e. The third-order valence-corrected chi connectivity index (χ3v) is 6.72. The van der Waals surface area contributed by atoms with E-state index in [0.29, 0.717) is 11.6 Å². The van der Waals surface area contributed by atoms with Crippen LogP contribution in [0.25, 0.3) is 0 Å². The van der Waals surface area contributed by atoms with E-state index in [1.165, 1.54) is 12.1 Å². The summed E-state index contributed by atoms with van der Waals surface area (Å²) in [6.45, 7) is 9.19. The molecule has 0 atom stereocenters. The first-order chi connectivity index (χ1) is 15.9. The highest BCUT2D eigenvalue weighted by molar-refractivity contribution is 6.00. The molecule has 0 bridgehead atoms. The maximum absolute atomic E-state index is 13.4. The van der Waals surface area contributed by atoms with Gasteiger partial charge in [-0.1, -0.05) is 18.2 Å². The van der Waals surface area contributed by atoms with Gasteiger partial charge in [-0.15, -0.1) is 0 Å². The largest absolute Gasteiger partial charge is 0.371 e. The number of carbonyl (C=O) groups excluding carboxylic acids is 2. The summed E-state index contributed by atoms with van der Waals surface area (Å²) in [5.74, 6) is -0.566. The van der Waals surface area contributed by atoms with Gasteiger partial charge in [0.2, 0.25) is 0 Å². The molecule has 33 heavy (non-hydrogen) atoms. The fraction of sp³-hybridized carbons (Fsp3) is 0.462. The Bertz CT molecular complexity index is 980. The van der Waals surface area contributed by atoms with Crippen molar-refractivity contribution in [1.82, 2.24) is 15.1 Å². The molecular formula is C26H33FN4O2. The lowest BCUT2D eigenvalue weighted by Gasteiger charge is -2.38. The number of anilines is 1. The normalized spacial score (nSPS) is 17.9. The molecular weight excluding hydrogens is 419 g/mol. The number of hydrogen-bond acceptors (Lipinski definition) is 4. The molecule has 2 fully saturated rings. The first kappa shape index (κ1) is 23.2. The summed E-state index contributed by atoms with van der Waals surface area (Å²) in [6.07, 6.45) is 1.55. The molecule has 6 nitrogen and oxygen atoms in total. The summed E-state index contributed by atoms with van der Waals surface area (Å²) < 4.78 is 13.4. The van der Waals surface area contributed by atoms with Crippen molar-refractivity contribution in [2.45, 2.75) is 38.8 Å². The van der Waals surface area contributed by atoms with E-state index >= 15 is 0 Å². The lowest BCUT2D eigenvalue weighted by Crippen LogP contribution is -2.51. The van der Waals surface area contributed by atoms with Crippen LogP contribution in [0, 0.1) is 5.82 Å². The van der Waals surface area contributed by atoms with Crippen LogP contribution < -0.4 is 10.2 Å². The molecule has 0 unspecified atom stereocenters. The van der Waals surface area contributed by atoms with Crippen molar-refractivity contribution in [1.29, 1.82) is 0 Å². The van der Waals surface area contributed by atoms with Crippen molar-refractivity contribution in [3.8, 4) is 0 Å². The zero-order valence-electron chi connectivity index (χ0n) is 19.5. The lowest BCUT2D eigenvalue weighted by molar-refractivity contribution is 0.0596. The molecule has 2 saturated heterocycles. The number of carbonyl (C=O) groups is 2. The number of halogens is 1. The smallest absolute Gasteiger partial charge is 0.256 e. The zero-order valence-corrected chi connectivity index (χ0v) is 19.5. The Morgan fingerprint density at radius 1 is 0.939 bits per heavy atom. The van der Waals surface area contributed by atoms with E-state index in [1.807, 2.05) is 29.2 Å². The second-order valence-electron chi connectivity index (χ2n) is 9.18. The van der Waals surface area contributed by atoms with Gasteiger partial charge in [-0.25, -0.2) is 4.39 Å². The molecule has 0 radical (unpaired) electrons. The van der Waals surface area contributed by atoms with Gasteiger partial charge in [0, 0.05) is 62.6 Å². The van der Waals surface area contributed by atoms with Crippen molar-refractivity contribution in [3.05, 3.63) is 65.5 Å². The Balaban J connectivity index is 1.36. The van der Waals surface area contributed by atoms with E-state index in [2.05, 4.69) is 29.0 Å². The average Bonchev–Trinajstić information content (AvgIpc) is 2.84. The quantitative estimate of drug-likeness (QED) is 0.756. The summed E-state index contributed by atoms with van der Waals surface area (Å²) in [5.41, 5.74) is 2.05. The van der Waals surface area contributed by atoms with Crippen LogP contribution in [0.2, 0.25) is 0 Å². The summed E-state index contributed by atoms with van der Waals surface area (Å²) in [5, 5.41) is 3.02. The Labute approximate surface area is 195 Å². The molecule has 2 amide bonds. The van der Waals surface area contributed by atoms with Crippen LogP contribution >= 0.6 is 0 Å². The third-order valence-electron chi connectivity index (χ3n) is 6.72.